The van der Waals surface area contributed by atoms with Gasteiger partial charge in [0.05, 0.1) is 0 Å². The zero-order chi connectivity index (χ0) is 16.8. The molecule has 0 spiro atoms. The van der Waals surface area contributed by atoms with Gasteiger partial charge in [-0.2, -0.15) is 0 Å². The molecule has 0 fully saturated rings. The Kier molecular flexibility index (Phi) is 7.17. The summed E-state index contributed by atoms with van der Waals surface area (Å²) in [6.07, 6.45) is 4.66. The van der Waals surface area contributed by atoms with E-state index in [0.717, 1.165) is 36.4 Å². The predicted octanol–water partition coefficient (Wildman–Crippen LogP) is 3.27. The molecule has 1 aromatic carbocycles. The minimum atomic E-state index is 0. The zero-order valence-electron chi connectivity index (χ0n) is 14.2. The van der Waals surface area contributed by atoms with Gasteiger partial charge < -0.3 is 11.1 Å². The van der Waals surface area contributed by atoms with Gasteiger partial charge in [0.15, 0.2) is 11.6 Å². The average molecular weight is 450 g/mol. The quantitative estimate of drug-likeness (QED) is 0.262. The predicted molar refractivity (Wildman–Crippen MR) is 113 cm³/mol. The summed E-state index contributed by atoms with van der Waals surface area (Å²) in [7, 11) is 0. The third-order valence-corrected chi connectivity index (χ3v) is 3.83. The molecule has 0 aliphatic carbocycles. The normalized spacial score (nSPS) is 11.3. The molecule has 3 N–H and O–H groups in total. The van der Waals surface area contributed by atoms with Crippen LogP contribution in [0.2, 0.25) is 0 Å². The number of anilines is 1. The molecule has 0 saturated carbocycles. The van der Waals surface area contributed by atoms with Crippen LogP contribution >= 0.6 is 24.0 Å². The van der Waals surface area contributed by atoms with Crippen molar-refractivity contribution in [3.05, 3.63) is 60.0 Å². The molecular weight excluding hydrogens is 427 g/mol. The molecule has 2 heterocycles. The second-order valence-electron chi connectivity index (χ2n) is 5.59. The standard InChI is InChI=1S/C18H22N6.HI/c1-2-14-7-5-8-15(13-14)21-18(19)20-11-6-10-17-23-22-16-9-3-4-12-24(16)17;/h3-5,7-9,12-13H,2,6,10-11H2,1H3,(H3,19,20,21);1H. The van der Waals surface area contributed by atoms with E-state index >= 15 is 0 Å². The van der Waals surface area contributed by atoms with Gasteiger partial charge in [-0.15, -0.1) is 34.2 Å². The number of aromatic nitrogens is 3. The van der Waals surface area contributed by atoms with E-state index in [-0.39, 0.29) is 24.0 Å². The van der Waals surface area contributed by atoms with Gasteiger partial charge in [-0.25, -0.2) is 0 Å². The molecule has 0 amide bonds. The van der Waals surface area contributed by atoms with Crippen molar-refractivity contribution in [2.45, 2.75) is 26.2 Å². The van der Waals surface area contributed by atoms with Crippen molar-refractivity contribution in [3.63, 3.8) is 0 Å². The van der Waals surface area contributed by atoms with Crippen LogP contribution in [0.5, 0.6) is 0 Å². The molecule has 0 bridgehead atoms. The van der Waals surface area contributed by atoms with Crippen LogP contribution in [0.15, 0.2) is 53.7 Å². The first-order valence-corrected chi connectivity index (χ1v) is 8.21. The number of rotatable bonds is 6. The van der Waals surface area contributed by atoms with E-state index in [1.54, 1.807) is 0 Å². The fraction of sp³-hybridized carbons (Fsp3) is 0.278. The lowest BCUT2D eigenvalue weighted by Gasteiger charge is -2.07. The van der Waals surface area contributed by atoms with E-state index in [1.807, 2.05) is 40.9 Å². The molecule has 3 aromatic rings. The van der Waals surface area contributed by atoms with Crippen molar-refractivity contribution in [1.82, 2.24) is 14.6 Å². The summed E-state index contributed by atoms with van der Waals surface area (Å²) in [5.74, 6) is 1.39. The molecule has 3 rings (SSSR count). The maximum Gasteiger partial charge on any atom is 0.193 e. The first-order valence-electron chi connectivity index (χ1n) is 8.21. The number of hydrogen-bond acceptors (Lipinski definition) is 3. The summed E-state index contributed by atoms with van der Waals surface area (Å²) in [5, 5.41) is 11.5. The molecule has 7 heteroatoms. The summed E-state index contributed by atoms with van der Waals surface area (Å²) >= 11 is 0. The number of hydrogen-bond donors (Lipinski definition) is 2. The Morgan fingerprint density at radius 1 is 1.20 bits per heavy atom. The second kappa shape index (κ2) is 9.36. The number of aryl methyl sites for hydroxylation is 2. The van der Waals surface area contributed by atoms with E-state index < -0.39 is 0 Å². The largest absolute Gasteiger partial charge is 0.370 e. The van der Waals surface area contributed by atoms with Gasteiger partial charge in [-0.05, 0) is 42.7 Å². The number of guanidine groups is 1. The van der Waals surface area contributed by atoms with Gasteiger partial charge in [0, 0.05) is 24.8 Å². The number of benzene rings is 1. The lowest BCUT2D eigenvalue weighted by Crippen LogP contribution is -2.23. The third-order valence-electron chi connectivity index (χ3n) is 3.83. The number of fused-ring (bicyclic) bond motifs is 1. The molecule has 25 heavy (non-hydrogen) atoms. The Hall–Kier alpha value is -2.16. The topological polar surface area (TPSA) is 80.6 Å². The molecule has 0 atom stereocenters. The minimum Gasteiger partial charge on any atom is -0.370 e. The van der Waals surface area contributed by atoms with Crippen LogP contribution in [0.25, 0.3) is 5.65 Å². The van der Waals surface area contributed by atoms with Gasteiger partial charge in [0.2, 0.25) is 0 Å². The van der Waals surface area contributed by atoms with Gasteiger partial charge in [-0.1, -0.05) is 25.1 Å². The van der Waals surface area contributed by atoms with Crippen molar-refractivity contribution in [2.24, 2.45) is 10.7 Å². The smallest absolute Gasteiger partial charge is 0.193 e. The van der Waals surface area contributed by atoms with E-state index in [0.29, 0.717) is 12.5 Å². The Morgan fingerprint density at radius 3 is 2.92 bits per heavy atom. The number of nitrogens with zero attached hydrogens (tertiary/aromatic N) is 4. The summed E-state index contributed by atoms with van der Waals surface area (Å²) < 4.78 is 2.00. The summed E-state index contributed by atoms with van der Waals surface area (Å²) in [6, 6.07) is 14.1. The summed E-state index contributed by atoms with van der Waals surface area (Å²) in [5.41, 5.74) is 9.06. The van der Waals surface area contributed by atoms with Gasteiger partial charge in [0.25, 0.3) is 0 Å². The molecule has 0 radical (unpaired) electrons. The summed E-state index contributed by atoms with van der Waals surface area (Å²) in [4.78, 5) is 4.38. The molecule has 0 aliphatic rings. The first-order chi connectivity index (χ1) is 11.8. The van der Waals surface area contributed by atoms with Crippen LogP contribution in [-0.4, -0.2) is 27.1 Å². The van der Waals surface area contributed by atoms with Crippen molar-refractivity contribution >= 4 is 41.3 Å². The number of nitrogens with one attached hydrogen (secondary N) is 1. The lowest BCUT2D eigenvalue weighted by molar-refractivity contribution is 0.770. The fourth-order valence-corrected chi connectivity index (χ4v) is 2.55. The van der Waals surface area contributed by atoms with E-state index in [9.17, 15) is 0 Å². The maximum absolute atomic E-state index is 5.95. The highest BCUT2D eigenvalue weighted by molar-refractivity contribution is 14.0. The number of nitrogens with two attached hydrogens (primary N) is 1. The minimum absolute atomic E-state index is 0. The lowest BCUT2D eigenvalue weighted by atomic mass is 10.1. The number of halogens is 1. The van der Waals surface area contributed by atoms with Gasteiger partial charge >= 0.3 is 0 Å². The van der Waals surface area contributed by atoms with Crippen molar-refractivity contribution < 1.29 is 0 Å². The highest BCUT2D eigenvalue weighted by Crippen LogP contribution is 2.10. The molecule has 6 nitrogen and oxygen atoms in total. The third kappa shape index (κ3) is 5.15. The Morgan fingerprint density at radius 2 is 2.08 bits per heavy atom. The monoisotopic (exact) mass is 450 g/mol. The van der Waals surface area contributed by atoms with E-state index in [4.69, 9.17) is 5.73 Å². The average Bonchev–Trinajstić information content (AvgIpc) is 3.02. The van der Waals surface area contributed by atoms with E-state index in [1.165, 1.54) is 5.56 Å². The van der Waals surface area contributed by atoms with Crippen molar-refractivity contribution in [2.75, 3.05) is 11.9 Å². The molecule has 2 aromatic heterocycles. The van der Waals surface area contributed by atoms with Crippen molar-refractivity contribution in [3.8, 4) is 0 Å². The van der Waals surface area contributed by atoms with Crippen LogP contribution < -0.4 is 11.1 Å². The molecule has 0 unspecified atom stereocenters. The highest BCUT2D eigenvalue weighted by atomic mass is 127. The SMILES string of the molecule is CCc1cccc(NC(N)=NCCCc2nnc3ccccn23)c1.I. The maximum atomic E-state index is 5.95. The number of aliphatic imine (C=N–C) groups is 1. The van der Waals surface area contributed by atoms with Crippen molar-refractivity contribution in [1.29, 1.82) is 0 Å². The Bertz CT molecular complexity index is 842. The Balaban J connectivity index is 0.00000225. The molecule has 0 saturated heterocycles. The van der Waals surface area contributed by atoms with Crippen LogP contribution in [-0.2, 0) is 12.8 Å². The fourth-order valence-electron chi connectivity index (χ4n) is 2.55. The first kappa shape index (κ1) is 19.2. The van der Waals surface area contributed by atoms with Crippen LogP contribution in [0, 0.1) is 0 Å². The number of pyridine rings is 1. The van der Waals surface area contributed by atoms with Gasteiger partial charge in [-0.3, -0.25) is 9.39 Å². The molecule has 0 aliphatic heterocycles. The van der Waals surface area contributed by atoms with Gasteiger partial charge in [0.1, 0.15) is 5.82 Å². The van der Waals surface area contributed by atoms with Crippen LogP contribution in [0.3, 0.4) is 0 Å². The van der Waals surface area contributed by atoms with E-state index in [2.05, 4.69) is 39.6 Å². The Labute approximate surface area is 164 Å². The highest BCUT2D eigenvalue weighted by Gasteiger charge is 2.03. The summed E-state index contributed by atoms with van der Waals surface area (Å²) in [6.45, 7) is 2.78. The van der Waals surface area contributed by atoms with Crippen LogP contribution in [0.1, 0.15) is 24.7 Å². The second-order valence-corrected chi connectivity index (χ2v) is 5.59. The van der Waals surface area contributed by atoms with Crippen LogP contribution in [0.4, 0.5) is 5.69 Å². The molecule has 132 valence electrons. The molecular formula is C18H23IN6. The zero-order valence-corrected chi connectivity index (χ0v) is 16.6.